The number of fused-ring (bicyclic) bond motifs is 1. The normalized spacial score (nSPS) is 15.8. The summed E-state index contributed by atoms with van der Waals surface area (Å²) in [5.74, 6) is 1.08. The Morgan fingerprint density at radius 1 is 1.25 bits per heavy atom. The number of carbonyl (C=O) groups is 1. The van der Waals surface area contributed by atoms with Crippen molar-refractivity contribution in [3.05, 3.63) is 53.5 Å². The van der Waals surface area contributed by atoms with Crippen molar-refractivity contribution in [2.24, 2.45) is 5.92 Å². The highest BCUT2D eigenvalue weighted by molar-refractivity contribution is 7.98. The maximum Gasteiger partial charge on any atom is 0.297 e. The first kappa shape index (κ1) is 21.2. The van der Waals surface area contributed by atoms with Gasteiger partial charge >= 0.3 is 0 Å². The number of carbonyl (C=O) groups excluding carboxylic acids is 1. The van der Waals surface area contributed by atoms with Gasteiger partial charge in [0.15, 0.2) is 5.76 Å². The molecule has 1 saturated carbocycles. The van der Waals surface area contributed by atoms with Crippen LogP contribution in [-0.4, -0.2) is 25.6 Å². The fourth-order valence-corrected chi connectivity index (χ4v) is 4.40. The Labute approximate surface area is 191 Å². The molecule has 0 atom stereocenters. The number of benzene rings is 2. The lowest BCUT2D eigenvalue weighted by atomic mass is 10.0. The van der Waals surface area contributed by atoms with Gasteiger partial charge in [-0.25, -0.2) is 4.39 Å². The van der Waals surface area contributed by atoms with Gasteiger partial charge in [-0.2, -0.15) is 0 Å². The minimum absolute atomic E-state index is 0.0904. The second-order valence-electron chi connectivity index (χ2n) is 8.94. The van der Waals surface area contributed by atoms with Gasteiger partial charge in [-0.15, -0.1) is 0 Å². The Bertz CT molecular complexity index is 1150. The zero-order valence-electron chi connectivity index (χ0n) is 18.3. The summed E-state index contributed by atoms with van der Waals surface area (Å²) >= 11 is 1.20. The molecule has 0 spiro atoms. The van der Waals surface area contributed by atoms with E-state index in [0.29, 0.717) is 29.4 Å². The highest BCUT2D eigenvalue weighted by Gasteiger charge is 2.23. The van der Waals surface area contributed by atoms with Gasteiger partial charge in [0.05, 0.1) is 16.9 Å². The summed E-state index contributed by atoms with van der Waals surface area (Å²) in [7, 11) is 0. The molecule has 0 radical (unpaired) electrons. The minimum atomic E-state index is -0.404. The van der Waals surface area contributed by atoms with Crippen LogP contribution in [0.15, 0.2) is 45.7 Å². The minimum Gasteiger partial charge on any atom is -0.492 e. The largest absolute Gasteiger partial charge is 0.492 e. The number of anilines is 1. The van der Waals surface area contributed by atoms with E-state index >= 15 is 0 Å². The van der Waals surface area contributed by atoms with Crippen LogP contribution in [0, 0.1) is 11.7 Å². The van der Waals surface area contributed by atoms with Crippen LogP contribution in [0.3, 0.4) is 0 Å². The SMILES string of the molecule is CC(C)c1ccc(OCC2CC2)c(SNC(=O)c2cc3c(F)cc(N4CCC4)cc3o2)c1. The fourth-order valence-electron chi connectivity index (χ4n) is 3.68. The lowest BCUT2D eigenvalue weighted by Gasteiger charge is -2.33. The third-order valence-electron chi connectivity index (χ3n) is 6.08. The smallest absolute Gasteiger partial charge is 0.297 e. The Morgan fingerprint density at radius 3 is 2.75 bits per heavy atom. The van der Waals surface area contributed by atoms with Crippen molar-refractivity contribution in [2.45, 2.75) is 43.9 Å². The molecule has 1 N–H and O–H groups in total. The van der Waals surface area contributed by atoms with Crippen LogP contribution in [0.25, 0.3) is 11.0 Å². The highest BCUT2D eigenvalue weighted by Crippen LogP contribution is 2.35. The van der Waals surface area contributed by atoms with E-state index in [1.807, 2.05) is 6.07 Å². The van der Waals surface area contributed by atoms with Gasteiger partial charge in [0.2, 0.25) is 0 Å². The lowest BCUT2D eigenvalue weighted by molar-refractivity contribution is 0.0959. The zero-order chi connectivity index (χ0) is 22.2. The van der Waals surface area contributed by atoms with Gasteiger partial charge in [-0.05, 0) is 66.8 Å². The number of nitrogens with one attached hydrogen (secondary N) is 1. The number of nitrogens with zero attached hydrogens (tertiary/aromatic N) is 1. The first-order valence-electron chi connectivity index (χ1n) is 11.2. The van der Waals surface area contributed by atoms with Gasteiger partial charge in [0.1, 0.15) is 17.1 Å². The molecule has 1 aliphatic heterocycles. The van der Waals surface area contributed by atoms with Crippen LogP contribution in [0.2, 0.25) is 0 Å². The molecule has 168 valence electrons. The lowest BCUT2D eigenvalue weighted by Crippen LogP contribution is -2.36. The monoisotopic (exact) mass is 454 g/mol. The van der Waals surface area contributed by atoms with Crippen LogP contribution < -0.4 is 14.4 Å². The molecule has 2 aromatic carbocycles. The first-order chi connectivity index (χ1) is 15.5. The molecular weight excluding hydrogens is 427 g/mol. The van der Waals surface area contributed by atoms with E-state index in [1.165, 1.54) is 42.5 Å². The molecule has 1 aromatic heterocycles. The average Bonchev–Trinajstić information content (AvgIpc) is 3.46. The maximum absolute atomic E-state index is 14.6. The predicted molar refractivity (Wildman–Crippen MR) is 125 cm³/mol. The average molecular weight is 455 g/mol. The Kier molecular flexibility index (Phi) is 5.76. The van der Waals surface area contributed by atoms with Gasteiger partial charge in [-0.1, -0.05) is 19.9 Å². The molecule has 32 heavy (non-hydrogen) atoms. The quantitative estimate of drug-likeness (QED) is 0.415. The molecule has 2 heterocycles. The summed E-state index contributed by atoms with van der Waals surface area (Å²) in [6, 6.07) is 10.9. The molecule has 3 aromatic rings. The van der Waals surface area contributed by atoms with Gasteiger partial charge in [0.25, 0.3) is 5.91 Å². The molecular formula is C25H27FN2O3S. The summed E-state index contributed by atoms with van der Waals surface area (Å²) < 4.78 is 29.1. The number of rotatable bonds is 8. The van der Waals surface area contributed by atoms with E-state index in [0.717, 1.165) is 35.8 Å². The van der Waals surface area contributed by atoms with Crippen LogP contribution >= 0.6 is 11.9 Å². The van der Waals surface area contributed by atoms with Crippen molar-refractivity contribution in [1.82, 2.24) is 4.72 Å². The van der Waals surface area contributed by atoms with E-state index in [4.69, 9.17) is 9.15 Å². The van der Waals surface area contributed by atoms with Crippen LogP contribution in [-0.2, 0) is 0 Å². The number of furan rings is 1. The number of hydrogen-bond acceptors (Lipinski definition) is 5. The van der Waals surface area contributed by atoms with E-state index in [-0.39, 0.29) is 11.6 Å². The first-order valence-corrected chi connectivity index (χ1v) is 12.0. The molecule has 7 heteroatoms. The van der Waals surface area contributed by atoms with Gasteiger partial charge in [-0.3, -0.25) is 9.52 Å². The van der Waals surface area contributed by atoms with Crippen molar-refractivity contribution in [3.63, 3.8) is 0 Å². The molecule has 2 aliphatic rings. The van der Waals surface area contributed by atoms with Crippen LogP contribution in [0.5, 0.6) is 5.75 Å². The van der Waals surface area contributed by atoms with Crippen molar-refractivity contribution < 1.29 is 18.3 Å². The Morgan fingerprint density at radius 2 is 2.06 bits per heavy atom. The summed E-state index contributed by atoms with van der Waals surface area (Å²) in [6.07, 6.45) is 3.53. The third kappa shape index (κ3) is 4.44. The molecule has 2 fully saturated rings. The third-order valence-corrected chi connectivity index (χ3v) is 6.90. The van der Waals surface area contributed by atoms with Gasteiger partial charge in [0, 0.05) is 30.9 Å². The summed E-state index contributed by atoms with van der Waals surface area (Å²) in [6.45, 7) is 6.78. The van der Waals surface area contributed by atoms with Gasteiger partial charge < -0.3 is 14.1 Å². The Hall–Kier alpha value is -2.67. The molecule has 5 rings (SSSR count). The second-order valence-corrected chi connectivity index (χ2v) is 9.79. The van der Waals surface area contributed by atoms with Crippen molar-refractivity contribution in [1.29, 1.82) is 0 Å². The zero-order valence-corrected chi connectivity index (χ0v) is 19.1. The molecule has 0 unspecified atom stereocenters. The van der Waals surface area contributed by atoms with Crippen LogP contribution in [0.4, 0.5) is 10.1 Å². The van der Waals surface area contributed by atoms with Crippen LogP contribution in [0.1, 0.15) is 55.1 Å². The summed E-state index contributed by atoms with van der Waals surface area (Å²) in [5, 5.41) is 0.319. The van der Waals surface area contributed by atoms with E-state index in [9.17, 15) is 9.18 Å². The standard InChI is InChI=1S/C25H27FN2O3S/c1-15(2)17-6-7-21(30-14-16-4-5-16)24(10-17)32-27-25(29)23-13-19-20(26)11-18(12-22(19)31-23)28-8-3-9-28/h6-7,10-13,15-16H,3-5,8-9,14H2,1-2H3,(H,27,29). The van der Waals surface area contributed by atoms with Crippen molar-refractivity contribution in [2.75, 3.05) is 24.6 Å². The molecule has 1 saturated heterocycles. The highest BCUT2D eigenvalue weighted by atomic mass is 32.2. The van der Waals surface area contributed by atoms with E-state index in [2.05, 4.69) is 35.6 Å². The number of halogens is 1. The topological polar surface area (TPSA) is 54.7 Å². The number of ether oxygens (including phenoxy) is 1. The number of hydrogen-bond donors (Lipinski definition) is 1. The predicted octanol–water partition coefficient (Wildman–Crippen LogP) is 6.13. The molecule has 1 amide bonds. The fraction of sp³-hybridized carbons (Fsp3) is 0.400. The number of amides is 1. The maximum atomic E-state index is 14.6. The Balaban J connectivity index is 1.33. The molecule has 1 aliphatic carbocycles. The second kappa shape index (κ2) is 8.70. The molecule has 0 bridgehead atoms. The summed E-state index contributed by atoms with van der Waals surface area (Å²) in [4.78, 5) is 15.7. The summed E-state index contributed by atoms with van der Waals surface area (Å²) in [5.41, 5.74) is 2.35. The molecule has 5 nitrogen and oxygen atoms in total. The van der Waals surface area contributed by atoms with E-state index < -0.39 is 5.91 Å². The van der Waals surface area contributed by atoms with Crippen molar-refractivity contribution >= 4 is 34.5 Å². The van der Waals surface area contributed by atoms with E-state index in [1.54, 1.807) is 6.07 Å². The van der Waals surface area contributed by atoms with Crippen molar-refractivity contribution in [3.8, 4) is 5.75 Å².